The summed E-state index contributed by atoms with van der Waals surface area (Å²) in [5.74, 6) is 0. The van der Waals surface area contributed by atoms with Crippen molar-refractivity contribution in [2.45, 2.75) is 50.5 Å². The second-order valence-electron chi connectivity index (χ2n) is 15.2. The van der Waals surface area contributed by atoms with E-state index in [9.17, 15) is 0 Å². The normalized spacial score (nSPS) is 21.7. The van der Waals surface area contributed by atoms with Crippen molar-refractivity contribution in [2.75, 3.05) is 4.90 Å². The molecule has 0 radical (unpaired) electrons. The first-order valence-electron chi connectivity index (χ1n) is 17.7. The average Bonchev–Trinajstić information content (AvgIpc) is 3.72. The summed E-state index contributed by atoms with van der Waals surface area (Å²) in [5.41, 5.74) is 16.6. The standard InChI is InChI=1S/C44H34BN3/c1-43-24-11-12-25-44(43,2)48-36-23-10-6-18-31(36)45-32-19-13-17-30-29-16-5-9-22-35(29)47(41(30)32)38-26-37(39(43)42(48)40(38)45)46-33-20-7-3-14-27(33)28-15-4-8-21-34(28)46/h3-10,13-23,26H,11-12,24-25H2,1-2H3. The van der Waals surface area contributed by atoms with Crippen molar-refractivity contribution in [1.82, 2.24) is 9.13 Å². The fourth-order valence-corrected chi connectivity index (χ4v) is 11.1. The SMILES string of the molecule is CC12CCCCC1(C)N1c3ccccc3B3c4c(cc(-n5c6ccccc6c6ccccc65)c2c41)-n1c2ccccc2c2cccc3c21. The van der Waals surface area contributed by atoms with Gasteiger partial charge in [0.1, 0.15) is 0 Å². The molecule has 4 heteroatoms. The maximum absolute atomic E-state index is 2.85. The van der Waals surface area contributed by atoms with Crippen molar-refractivity contribution >= 4 is 78.1 Å². The van der Waals surface area contributed by atoms with Gasteiger partial charge in [-0.2, -0.15) is 0 Å². The first-order valence-corrected chi connectivity index (χ1v) is 17.7. The molecule has 12 rings (SSSR count). The minimum atomic E-state index is -0.0394. The molecule has 0 saturated heterocycles. The van der Waals surface area contributed by atoms with Crippen molar-refractivity contribution in [2.24, 2.45) is 0 Å². The molecule has 228 valence electrons. The maximum atomic E-state index is 2.85. The molecule has 0 N–H and O–H groups in total. The van der Waals surface area contributed by atoms with E-state index in [-0.39, 0.29) is 17.7 Å². The Labute approximate surface area is 280 Å². The quantitative estimate of drug-likeness (QED) is 0.168. The summed E-state index contributed by atoms with van der Waals surface area (Å²) in [6.45, 7) is 5.38. The number of nitrogens with zero attached hydrogens (tertiary/aromatic N) is 3. The molecule has 0 spiro atoms. The van der Waals surface area contributed by atoms with Gasteiger partial charge in [0.05, 0.1) is 27.8 Å². The lowest BCUT2D eigenvalue weighted by molar-refractivity contribution is 0.195. The minimum absolute atomic E-state index is 0.0233. The first-order chi connectivity index (χ1) is 23.6. The van der Waals surface area contributed by atoms with Crippen molar-refractivity contribution in [3.05, 3.63) is 127 Å². The molecule has 0 amide bonds. The first kappa shape index (κ1) is 25.8. The van der Waals surface area contributed by atoms with Crippen molar-refractivity contribution in [1.29, 1.82) is 0 Å². The summed E-state index contributed by atoms with van der Waals surface area (Å²) in [6, 6.07) is 46.2. The molecule has 2 atom stereocenters. The number of hydrogen-bond donors (Lipinski definition) is 0. The zero-order chi connectivity index (χ0) is 31.5. The van der Waals surface area contributed by atoms with Gasteiger partial charge in [0.15, 0.2) is 0 Å². The van der Waals surface area contributed by atoms with E-state index in [1.54, 1.807) is 5.56 Å². The Balaban J connectivity index is 1.36. The van der Waals surface area contributed by atoms with Gasteiger partial charge < -0.3 is 14.0 Å². The Morgan fingerprint density at radius 3 is 1.88 bits per heavy atom. The van der Waals surface area contributed by atoms with E-state index < -0.39 is 0 Å². The van der Waals surface area contributed by atoms with Crippen LogP contribution in [0.5, 0.6) is 0 Å². The highest BCUT2D eigenvalue weighted by atomic mass is 15.3. The summed E-state index contributed by atoms with van der Waals surface area (Å²) in [4.78, 5) is 2.85. The van der Waals surface area contributed by atoms with Crippen LogP contribution in [0, 0.1) is 0 Å². The van der Waals surface area contributed by atoms with E-state index >= 15 is 0 Å². The van der Waals surface area contributed by atoms with Gasteiger partial charge in [-0.05, 0) is 66.5 Å². The predicted octanol–water partition coefficient (Wildman–Crippen LogP) is 8.77. The van der Waals surface area contributed by atoms with Crippen LogP contribution in [0.15, 0.2) is 121 Å². The fourth-order valence-electron chi connectivity index (χ4n) is 11.1. The topological polar surface area (TPSA) is 13.1 Å². The number of rotatable bonds is 1. The molecule has 3 aliphatic heterocycles. The zero-order valence-electron chi connectivity index (χ0n) is 27.3. The van der Waals surface area contributed by atoms with E-state index in [1.807, 2.05) is 0 Å². The molecule has 1 fully saturated rings. The number of benzene rings is 6. The Hall–Kier alpha value is -5.22. The van der Waals surface area contributed by atoms with Gasteiger partial charge in [0, 0.05) is 55.1 Å². The van der Waals surface area contributed by atoms with Gasteiger partial charge in [-0.15, -0.1) is 0 Å². The zero-order valence-corrected chi connectivity index (χ0v) is 27.3. The molecule has 5 heterocycles. The Bertz CT molecular complexity index is 2700. The van der Waals surface area contributed by atoms with Crippen LogP contribution >= 0.6 is 0 Å². The van der Waals surface area contributed by atoms with Crippen LogP contribution in [-0.2, 0) is 5.41 Å². The minimum Gasteiger partial charge on any atom is -0.335 e. The Morgan fingerprint density at radius 2 is 1.12 bits per heavy atom. The molecule has 1 aliphatic carbocycles. The number of fused-ring (bicyclic) bond motifs is 14. The number of anilines is 2. The highest BCUT2D eigenvalue weighted by Crippen LogP contribution is 2.63. The van der Waals surface area contributed by atoms with E-state index in [0.29, 0.717) is 0 Å². The lowest BCUT2D eigenvalue weighted by Gasteiger charge is -2.52. The third-order valence-corrected chi connectivity index (χ3v) is 13.2. The van der Waals surface area contributed by atoms with Crippen molar-refractivity contribution < 1.29 is 0 Å². The summed E-state index contributed by atoms with van der Waals surface area (Å²) in [6.07, 6.45) is 4.91. The molecular formula is C44H34BN3. The molecule has 2 aromatic heterocycles. The van der Waals surface area contributed by atoms with Crippen LogP contribution in [0.3, 0.4) is 0 Å². The van der Waals surface area contributed by atoms with Gasteiger partial charge in [0.25, 0.3) is 6.71 Å². The summed E-state index contributed by atoms with van der Waals surface area (Å²) >= 11 is 0. The smallest absolute Gasteiger partial charge is 0.252 e. The molecule has 1 saturated carbocycles. The number of hydrogen-bond acceptors (Lipinski definition) is 1. The van der Waals surface area contributed by atoms with Crippen molar-refractivity contribution in [3.8, 4) is 11.4 Å². The highest BCUT2D eigenvalue weighted by Gasteiger charge is 2.62. The largest absolute Gasteiger partial charge is 0.335 e. The summed E-state index contributed by atoms with van der Waals surface area (Å²) in [5, 5.41) is 5.32. The summed E-state index contributed by atoms with van der Waals surface area (Å²) in [7, 11) is 0. The third kappa shape index (κ3) is 2.69. The number of aromatic nitrogens is 2. The Morgan fingerprint density at radius 1 is 0.542 bits per heavy atom. The Kier molecular flexibility index (Phi) is 4.54. The van der Waals surface area contributed by atoms with Crippen LogP contribution in [-0.4, -0.2) is 21.4 Å². The maximum Gasteiger partial charge on any atom is 0.252 e. The van der Waals surface area contributed by atoms with E-state index in [0.717, 1.165) is 0 Å². The van der Waals surface area contributed by atoms with Gasteiger partial charge in [-0.3, -0.25) is 0 Å². The van der Waals surface area contributed by atoms with Crippen LogP contribution in [0.1, 0.15) is 45.1 Å². The van der Waals surface area contributed by atoms with E-state index in [2.05, 4.69) is 149 Å². The molecule has 4 aliphatic rings. The molecule has 48 heavy (non-hydrogen) atoms. The van der Waals surface area contributed by atoms with Crippen LogP contribution < -0.4 is 21.3 Å². The molecule has 0 bridgehead atoms. The lowest BCUT2D eigenvalue weighted by Crippen LogP contribution is -2.63. The number of para-hydroxylation sites is 5. The van der Waals surface area contributed by atoms with Gasteiger partial charge in [-0.25, -0.2) is 0 Å². The molecule has 3 nitrogen and oxygen atoms in total. The fraction of sp³-hybridized carbons (Fsp3) is 0.182. The molecule has 2 unspecified atom stereocenters. The van der Waals surface area contributed by atoms with Gasteiger partial charge >= 0.3 is 0 Å². The average molecular weight is 616 g/mol. The summed E-state index contributed by atoms with van der Waals surface area (Å²) < 4.78 is 5.25. The molecule has 8 aromatic rings. The lowest BCUT2D eigenvalue weighted by atomic mass is 9.33. The van der Waals surface area contributed by atoms with Gasteiger partial charge in [0.2, 0.25) is 0 Å². The van der Waals surface area contributed by atoms with Gasteiger partial charge in [-0.1, -0.05) is 111 Å². The predicted molar refractivity (Wildman–Crippen MR) is 203 cm³/mol. The second-order valence-corrected chi connectivity index (χ2v) is 15.2. The van der Waals surface area contributed by atoms with E-state index in [1.165, 1.54) is 108 Å². The highest BCUT2D eigenvalue weighted by molar-refractivity contribution is 7.00. The monoisotopic (exact) mass is 615 g/mol. The second kappa shape index (κ2) is 8.43. The van der Waals surface area contributed by atoms with Crippen LogP contribution in [0.25, 0.3) is 55.0 Å². The van der Waals surface area contributed by atoms with E-state index in [4.69, 9.17) is 0 Å². The van der Waals surface area contributed by atoms with Crippen LogP contribution in [0.4, 0.5) is 11.4 Å². The van der Waals surface area contributed by atoms with Crippen molar-refractivity contribution in [3.63, 3.8) is 0 Å². The molecular weight excluding hydrogens is 581 g/mol. The molecule has 6 aromatic carbocycles. The van der Waals surface area contributed by atoms with Crippen LogP contribution in [0.2, 0.25) is 0 Å². The third-order valence-electron chi connectivity index (χ3n) is 13.2.